The van der Waals surface area contributed by atoms with Gasteiger partial charge in [-0.3, -0.25) is 4.90 Å². The van der Waals surface area contributed by atoms with E-state index in [4.69, 9.17) is 0 Å². The Hall–Kier alpha value is -2.42. The van der Waals surface area contributed by atoms with Gasteiger partial charge in [0.1, 0.15) is 0 Å². The first-order valence-corrected chi connectivity index (χ1v) is 10.3. The van der Waals surface area contributed by atoms with Crippen molar-refractivity contribution >= 4 is 0 Å². The van der Waals surface area contributed by atoms with Gasteiger partial charge in [-0.2, -0.15) is 0 Å². The molecular weight excluding hydrogens is 340 g/mol. The van der Waals surface area contributed by atoms with Crippen LogP contribution in [0.1, 0.15) is 22.6 Å². The Kier molecular flexibility index (Phi) is 6.20. The van der Waals surface area contributed by atoms with Gasteiger partial charge in [0.05, 0.1) is 0 Å². The predicted octanol–water partition coefficient (Wildman–Crippen LogP) is 5.03. The van der Waals surface area contributed by atoms with E-state index in [1.807, 2.05) is 0 Å². The standard InChI is InChI=1S/C26H30N2/c1-27(17-22-11-5-2-6-12-22)19-25-20-28(18-23-13-7-3-8-14-23)21-26(25)24-15-9-4-10-16-24/h2-16,25-26H,17-21H2,1H3. The minimum atomic E-state index is 0.600. The number of nitrogens with zero attached hydrogens (tertiary/aromatic N) is 2. The fraction of sp³-hybridized carbons (Fsp3) is 0.308. The maximum atomic E-state index is 2.63. The monoisotopic (exact) mass is 370 g/mol. The minimum Gasteiger partial charge on any atom is -0.302 e. The lowest BCUT2D eigenvalue weighted by molar-refractivity contribution is 0.250. The summed E-state index contributed by atoms with van der Waals surface area (Å²) in [6, 6.07) is 32.8. The molecule has 144 valence electrons. The van der Waals surface area contributed by atoms with Gasteiger partial charge in [0.25, 0.3) is 0 Å². The molecule has 2 atom stereocenters. The van der Waals surface area contributed by atoms with Gasteiger partial charge in [-0.05, 0) is 29.7 Å². The minimum absolute atomic E-state index is 0.600. The lowest BCUT2D eigenvalue weighted by Crippen LogP contribution is -2.29. The Morgan fingerprint density at radius 2 is 1.32 bits per heavy atom. The van der Waals surface area contributed by atoms with E-state index in [9.17, 15) is 0 Å². The number of hydrogen-bond donors (Lipinski definition) is 0. The molecule has 0 N–H and O–H groups in total. The summed E-state index contributed by atoms with van der Waals surface area (Å²) >= 11 is 0. The molecule has 2 unspecified atom stereocenters. The van der Waals surface area contributed by atoms with Gasteiger partial charge in [-0.1, -0.05) is 91.0 Å². The normalized spacial score (nSPS) is 19.9. The van der Waals surface area contributed by atoms with Crippen molar-refractivity contribution in [2.45, 2.75) is 19.0 Å². The summed E-state index contributed by atoms with van der Waals surface area (Å²) in [5, 5.41) is 0. The molecule has 3 aromatic rings. The summed E-state index contributed by atoms with van der Waals surface area (Å²) in [5.74, 6) is 1.25. The van der Waals surface area contributed by atoms with Gasteiger partial charge in [0.2, 0.25) is 0 Å². The zero-order valence-corrected chi connectivity index (χ0v) is 16.7. The quantitative estimate of drug-likeness (QED) is 0.575. The average molecular weight is 371 g/mol. The van der Waals surface area contributed by atoms with Crippen LogP contribution >= 0.6 is 0 Å². The second kappa shape index (κ2) is 9.18. The first-order valence-electron chi connectivity index (χ1n) is 10.3. The summed E-state index contributed by atoms with van der Waals surface area (Å²) in [7, 11) is 2.26. The SMILES string of the molecule is CN(Cc1ccccc1)CC1CN(Cc2ccccc2)CC1c1ccccc1. The van der Waals surface area contributed by atoms with E-state index >= 15 is 0 Å². The summed E-state index contributed by atoms with van der Waals surface area (Å²) < 4.78 is 0. The summed E-state index contributed by atoms with van der Waals surface area (Å²) in [6.07, 6.45) is 0. The van der Waals surface area contributed by atoms with E-state index < -0.39 is 0 Å². The van der Waals surface area contributed by atoms with Crippen LogP contribution in [0.2, 0.25) is 0 Å². The Morgan fingerprint density at radius 3 is 1.96 bits per heavy atom. The van der Waals surface area contributed by atoms with Gasteiger partial charge in [-0.25, -0.2) is 0 Å². The molecule has 0 amide bonds. The summed E-state index contributed by atoms with van der Waals surface area (Å²) in [4.78, 5) is 5.12. The van der Waals surface area contributed by atoms with Crippen molar-refractivity contribution in [3.63, 3.8) is 0 Å². The maximum absolute atomic E-state index is 2.63. The van der Waals surface area contributed by atoms with Gasteiger partial charge in [0.15, 0.2) is 0 Å². The van der Waals surface area contributed by atoms with Crippen LogP contribution in [0.25, 0.3) is 0 Å². The van der Waals surface area contributed by atoms with E-state index in [2.05, 4.69) is 108 Å². The van der Waals surface area contributed by atoms with Crippen molar-refractivity contribution in [1.29, 1.82) is 0 Å². The molecule has 28 heavy (non-hydrogen) atoms. The highest BCUT2D eigenvalue weighted by molar-refractivity contribution is 5.23. The third-order valence-corrected chi connectivity index (χ3v) is 5.83. The molecule has 0 radical (unpaired) electrons. The lowest BCUT2D eigenvalue weighted by Gasteiger charge is -2.25. The fourth-order valence-corrected chi connectivity index (χ4v) is 4.55. The Balaban J connectivity index is 1.46. The van der Waals surface area contributed by atoms with E-state index in [1.54, 1.807) is 0 Å². The molecule has 0 saturated carbocycles. The Morgan fingerprint density at radius 1 is 0.750 bits per heavy atom. The van der Waals surface area contributed by atoms with Crippen LogP contribution in [0.4, 0.5) is 0 Å². The van der Waals surface area contributed by atoms with Gasteiger partial charge in [0, 0.05) is 38.6 Å². The molecule has 3 aromatic carbocycles. The molecule has 0 aliphatic carbocycles. The maximum Gasteiger partial charge on any atom is 0.0234 e. The number of likely N-dealkylation sites (tertiary alicyclic amines) is 1. The van der Waals surface area contributed by atoms with Crippen molar-refractivity contribution in [2.75, 3.05) is 26.7 Å². The lowest BCUT2D eigenvalue weighted by atomic mass is 9.88. The van der Waals surface area contributed by atoms with E-state index in [1.165, 1.54) is 16.7 Å². The highest BCUT2D eigenvalue weighted by atomic mass is 15.2. The van der Waals surface area contributed by atoms with Crippen molar-refractivity contribution < 1.29 is 0 Å². The second-order valence-corrected chi connectivity index (χ2v) is 8.14. The van der Waals surface area contributed by atoms with Crippen LogP contribution in [0.5, 0.6) is 0 Å². The Bertz CT molecular complexity index is 832. The molecular formula is C26H30N2. The number of rotatable bonds is 7. The highest BCUT2D eigenvalue weighted by Gasteiger charge is 2.34. The topological polar surface area (TPSA) is 6.48 Å². The van der Waals surface area contributed by atoms with Crippen LogP contribution in [0.3, 0.4) is 0 Å². The smallest absolute Gasteiger partial charge is 0.0234 e. The third-order valence-electron chi connectivity index (χ3n) is 5.83. The largest absolute Gasteiger partial charge is 0.302 e. The molecule has 4 rings (SSSR count). The second-order valence-electron chi connectivity index (χ2n) is 8.14. The zero-order chi connectivity index (χ0) is 19.2. The molecule has 2 nitrogen and oxygen atoms in total. The number of hydrogen-bond acceptors (Lipinski definition) is 2. The van der Waals surface area contributed by atoms with Crippen molar-refractivity contribution in [3.8, 4) is 0 Å². The first kappa shape index (κ1) is 18.9. The van der Waals surface area contributed by atoms with Crippen LogP contribution in [-0.4, -0.2) is 36.5 Å². The molecule has 1 fully saturated rings. The molecule has 1 aliphatic rings. The van der Waals surface area contributed by atoms with Crippen molar-refractivity contribution in [1.82, 2.24) is 9.80 Å². The third kappa shape index (κ3) is 4.89. The molecule has 1 saturated heterocycles. The van der Waals surface area contributed by atoms with Gasteiger partial charge in [-0.15, -0.1) is 0 Å². The number of benzene rings is 3. The van der Waals surface area contributed by atoms with Crippen molar-refractivity contribution in [2.24, 2.45) is 5.92 Å². The molecule has 0 bridgehead atoms. The molecule has 0 spiro atoms. The molecule has 2 heteroatoms. The van der Waals surface area contributed by atoms with Crippen LogP contribution in [0.15, 0.2) is 91.0 Å². The highest BCUT2D eigenvalue weighted by Crippen LogP contribution is 2.34. The predicted molar refractivity (Wildman–Crippen MR) is 117 cm³/mol. The molecule has 1 heterocycles. The van der Waals surface area contributed by atoms with Gasteiger partial charge < -0.3 is 4.90 Å². The first-order chi connectivity index (χ1) is 13.8. The fourth-order valence-electron chi connectivity index (χ4n) is 4.55. The van der Waals surface area contributed by atoms with Gasteiger partial charge >= 0.3 is 0 Å². The molecule has 0 aromatic heterocycles. The summed E-state index contributed by atoms with van der Waals surface area (Å²) in [5.41, 5.74) is 4.28. The van der Waals surface area contributed by atoms with Crippen molar-refractivity contribution in [3.05, 3.63) is 108 Å². The van der Waals surface area contributed by atoms with Crippen LogP contribution in [-0.2, 0) is 13.1 Å². The summed E-state index contributed by atoms with van der Waals surface area (Å²) in [6.45, 7) is 5.48. The van der Waals surface area contributed by atoms with E-state index in [-0.39, 0.29) is 0 Å². The molecule has 1 aliphatic heterocycles. The van der Waals surface area contributed by atoms with E-state index in [0.29, 0.717) is 11.8 Å². The van der Waals surface area contributed by atoms with Crippen LogP contribution < -0.4 is 0 Å². The van der Waals surface area contributed by atoms with Crippen LogP contribution in [0, 0.1) is 5.92 Å². The average Bonchev–Trinajstić information content (AvgIpc) is 3.12. The zero-order valence-electron chi connectivity index (χ0n) is 16.7. The Labute approximate surface area is 169 Å². The van der Waals surface area contributed by atoms with E-state index in [0.717, 1.165) is 32.7 Å².